The Morgan fingerprint density at radius 3 is 2.28 bits per heavy atom. The van der Waals surface area contributed by atoms with Crippen molar-refractivity contribution in [2.45, 2.75) is 26.3 Å². The molecule has 0 aliphatic rings. The van der Waals surface area contributed by atoms with Crippen LogP contribution in [0.2, 0.25) is 0 Å². The van der Waals surface area contributed by atoms with Crippen LogP contribution in [-0.2, 0) is 17.9 Å². The molecule has 0 spiro atoms. The summed E-state index contributed by atoms with van der Waals surface area (Å²) in [4.78, 5) is 12.3. The van der Waals surface area contributed by atoms with Gasteiger partial charge in [0.25, 0.3) is 5.91 Å². The van der Waals surface area contributed by atoms with Gasteiger partial charge in [0.05, 0.1) is 12.3 Å². The van der Waals surface area contributed by atoms with Crippen molar-refractivity contribution >= 4 is 5.91 Å². The van der Waals surface area contributed by atoms with Crippen LogP contribution in [0.5, 0.6) is 0 Å². The smallest absolute Gasteiger partial charge is 0.367 e. The molecule has 152 valence electrons. The maximum absolute atomic E-state index is 12.3. The third-order valence-corrected chi connectivity index (χ3v) is 4.22. The lowest BCUT2D eigenvalue weighted by Crippen LogP contribution is -2.22. The number of ether oxygens (including phenoxy) is 1. The largest absolute Gasteiger partial charge is 0.411 e. The zero-order valence-corrected chi connectivity index (χ0v) is 15.7. The molecule has 3 aromatic rings. The summed E-state index contributed by atoms with van der Waals surface area (Å²) < 4.78 is 42.6. The van der Waals surface area contributed by atoms with E-state index in [0.717, 1.165) is 16.9 Å². The number of benzene rings is 2. The molecule has 29 heavy (non-hydrogen) atoms. The van der Waals surface area contributed by atoms with Crippen LogP contribution in [0.4, 0.5) is 13.2 Å². The Hall–Kier alpha value is -3.13. The van der Waals surface area contributed by atoms with Crippen molar-refractivity contribution in [1.29, 1.82) is 0 Å². The highest BCUT2D eigenvalue weighted by Crippen LogP contribution is 2.16. The van der Waals surface area contributed by atoms with Gasteiger partial charge in [-0.3, -0.25) is 4.79 Å². The lowest BCUT2D eigenvalue weighted by molar-refractivity contribution is -0.176. The summed E-state index contributed by atoms with van der Waals surface area (Å²) in [5.74, 6) is -0.216. The molecule has 1 N–H and O–H groups in total. The number of aromatic nitrogens is 2. The molecule has 0 radical (unpaired) electrons. The average Bonchev–Trinajstić information content (AvgIpc) is 3.12. The normalized spacial score (nSPS) is 11.4. The van der Waals surface area contributed by atoms with Gasteiger partial charge in [-0.1, -0.05) is 24.3 Å². The fourth-order valence-electron chi connectivity index (χ4n) is 2.72. The summed E-state index contributed by atoms with van der Waals surface area (Å²) in [6.07, 6.45) is -2.62. The first-order valence-electron chi connectivity index (χ1n) is 8.93. The summed E-state index contributed by atoms with van der Waals surface area (Å²) in [6.45, 7) is 0.863. The van der Waals surface area contributed by atoms with E-state index < -0.39 is 12.8 Å². The molecular formula is C21H20F3N3O2. The number of nitrogens with one attached hydrogen (secondary N) is 1. The molecule has 0 fully saturated rings. The van der Waals surface area contributed by atoms with Gasteiger partial charge in [-0.05, 0) is 48.4 Å². The minimum Gasteiger partial charge on any atom is -0.367 e. The summed E-state index contributed by atoms with van der Waals surface area (Å²) in [6, 6.07) is 15.9. The number of aryl methyl sites for hydroxylation is 1. The molecular weight excluding hydrogens is 383 g/mol. The van der Waals surface area contributed by atoms with E-state index in [4.69, 9.17) is 0 Å². The molecule has 0 saturated carbocycles. The Kier molecular flexibility index (Phi) is 6.33. The van der Waals surface area contributed by atoms with Gasteiger partial charge in [-0.25, -0.2) is 4.68 Å². The Labute approximate surface area is 166 Å². The maximum Gasteiger partial charge on any atom is 0.411 e. The number of rotatable bonds is 7. The van der Waals surface area contributed by atoms with Gasteiger partial charge in [0.1, 0.15) is 6.61 Å². The second-order valence-electron chi connectivity index (χ2n) is 6.54. The van der Waals surface area contributed by atoms with Gasteiger partial charge in [-0.15, -0.1) is 0 Å². The van der Waals surface area contributed by atoms with Crippen molar-refractivity contribution in [2.75, 3.05) is 6.61 Å². The highest BCUT2D eigenvalue weighted by molar-refractivity contribution is 5.94. The molecule has 1 aromatic heterocycles. The molecule has 8 heteroatoms. The van der Waals surface area contributed by atoms with Gasteiger partial charge in [0, 0.05) is 24.0 Å². The van der Waals surface area contributed by atoms with Gasteiger partial charge in [-0.2, -0.15) is 18.3 Å². The predicted molar refractivity (Wildman–Crippen MR) is 102 cm³/mol. The van der Waals surface area contributed by atoms with Crippen molar-refractivity contribution < 1.29 is 22.7 Å². The van der Waals surface area contributed by atoms with Gasteiger partial charge < -0.3 is 10.1 Å². The summed E-state index contributed by atoms with van der Waals surface area (Å²) >= 11 is 0. The lowest BCUT2D eigenvalue weighted by atomic mass is 10.1. The minimum absolute atomic E-state index is 0.117. The highest BCUT2D eigenvalue weighted by Gasteiger charge is 2.27. The van der Waals surface area contributed by atoms with E-state index in [2.05, 4.69) is 15.2 Å². The first-order valence-corrected chi connectivity index (χ1v) is 8.93. The molecule has 3 rings (SSSR count). The topological polar surface area (TPSA) is 56.2 Å². The van der Waals surface area contributed by atoms with E-state index >= 15 is 0 Å². The Morgan fingerprint density at radius 2 is 1.69 bits per heavy atom. The van der Waals surface area contributed by atoms with Crippen LogP contribution in [0, 0.1) is 6.92 Å². The first kappa shape index (κ1) is 20.6. The quantitative estimate of drug-likeness (QED) is 0.644. The van der Waals surface area contributed by atoms with Crippen molar-refractivity contribution in [3.63, 3.8) is 0 Å². The third kappa shape index (κ3) is 5.92. The SMILES string of the molecule is Cc1ccnn1-c1ccc(C(=O)NCc2ccc(COCC(F)(F)F)cc2)cc1. The number of hydrogen-bond donors (Lipinski definition) is 1. The van der Waals surface area contributed by atoms with Crippen molar-refractivity contribution in [2.24, 2.45) is 0 Å². The summed E-state index contributed by atoms with van der Waals surface area (Å²) in [5.41, 5.74) is 3.85. The van der Waals surface area contributed by atoms with E-state index in [-0.39, 0.29) is 12.5 Å². The zero-order chi connectivity index (χ0) is 20.9. The van der Waals surface area contributed by atoms with Crippen LogP contribution in [0.1, 0.15) is 27.2 Å². The van der Waals surface area contributed by atoms with E-state index in [0.29, 0.717) is 17.7 Å². The summed E-state index contributed by atoms with van der Waals surface area (Å²) in [7, 11) is 0. The van der Waals surface area contributed by atoms with Crippen LogP contribution in [0.15, 0.2) is 60.8 Å². The molecule has 0 saturated heterocycles. The number of alkyl halides is 3. The molecule has 1 heterocycles. The number of halogens is 3. The molecule has 0 aliphatic carbocycles. The maximum atomic E-state index is 12.3. The van der Waals surface area contributed by atoms with Crippen LogP contribution < -0.4 is 5.32 Å². The van der Waals surface area contributed by atoms with Crippen molar-refractivity contribution in [1.82, 2.24) is 15.1 Å². The fourth-order valence-corrected chi connectivity index (χ4v) is 2.72. The molecule has 1 amide bonds. The fraction of sp³-hybridized carbons (Fsp3) is 0.238. The van der Waals surface area contributed by atoms with Gasteiger partial charge in [0.2, 0.25) is 0 Å². The third-order valence-electron chi connectivity index (χ3n) is 4.22. The number of carbonyl (C=O) groups is 1. The molecule has 0 unspecified atom stereocenters. The van der Waals surface area contributed by atoms with Crippen molar-refractivity contribution in [3.8, 4) is 5.69 Å². The molecule has 0 atom stereocenters. The van der Waals surface area contributed by atoms with Crippen LogP contribution in [-0.4, -0.2) is 28.5 Å². The Morgan fingerprint density at radius 1 is 1.03 bits per heavy atom. The monoisotopic (exact) mass is 403 g/mol. The zero-order valence-electron chi connectivity index (χ0n) is 15.7. The van der Waals surface area contributed by atoms with E-state index in [1.807, 2.05) is 25.1 Å². The van der Waals surface area contributed by atoms with Crippen LogP contribution in [0.25, 0.3) is 5.69 Å². The Balaban J connectivity index is 1.50. The highest BCUT2D eigenvalue weighted by atomic mass is 19.4. The van der Waals surface area contributed by atoms with E-state index in [9.17, 15) is 18.0 Å². The second-order valence-corrected chi connectivity index (χ2v) is 6.54. The number of amides is 1. The molecule has 5 nitrogen and oxygen atoms in total. The van der Waals surface area contributed by atoms with E-state index in [1.165, 1.54) is 0 Å². The molecule has 0 bridgehead atoms. The molecule has 2 aromatic carbocycles. The first-order chi connectivity index (χ1) is 13.8. The standard InChI is InChI=1S/C21H20F3N3O2/c1-15-10-11-26-27(15)19-8-6-18(7-9-19)20(28)25-12-16-2-4-17(5-3-16)13-29-14-21(22,23)24/h2-11H,12-14H2,1H3,(H,25,28). The van der Waals surface area contributed by atoms with Crippen LogP contribution >= 0.6 is 0 Å². The van der Waals surface area contributed by atoms with E-state index in [1.54, 1.807) is 47.3 Å². The number of nitrogens with zero attached hydrogens (tertiary/aromatic N) is 2. The lowest BCUT2D eigenvalue weighted by Gasteiger charge is -2.09. The summed E-state index contributed by atoms with van der Waals surface area (Å²) in [5, 5.41) is 7.05. The average molecular weight is 403 g/mol. The number of hydrogen-bond acceptors (Lipinski definition) is 3. The van der Waals surface area contributed by atoms with Crippen LogP contribution in [0.3, 0.4) is 0 Å². The minimum atomic E-state index is -4.33. The molecule has 0 aliphatic heterocycles. The Bertz CT molecular complexity index is 949. The number of carbonyl (C=O) groups excluding carboxylic acids is 1. The predicted octanol–water partition coefficient (Wildman–Crippen LogP) is 4.19. The second kappa shape index (κ2) is 8.91. The van der Waals surface area contributed by atoms with Gasteiger partial charge in [0.15, 0.2) is 0 Å². The van der Waals surface area contributed by atoms with Gasteiger partial charge >= 0.3 is 6.18 Å². The van der Waals surface area contributed by atoms with Crippen molar-refractivity contribution in [3.05, 3.63) is 83.2 Å².